The number of nitrogens with one attached hydrogen (secondary N) is 1. The number of likely N-dealkylation sites (tertiary alicyclic amines) is 1. The number of carbonyl (C=O) groups excluding carboxylic acids is 1. The molecule has 1 saturated heterocycles. The van der Waals surface area contributed by atoms with E-state index in [0.29, 0.717) is 0 Å². The number of anilines is 1. The van der Waals surface area contributed by atoms with E-state index in [4.69, 9.17) is 9.90 Å². The number of amides is 1. The Morgan fingerprint density at radius 2 is 1.97 bits per heavy atom. The molecule has 3 rings (SSSR count). The van der Waals surface area contributed by atoms with Crippen molar-refractivity contribution in [1.82, 2.24) is 24.6 Å². The maximum Gasteiger partial charge on any atom is 0.290 e. The zero-order valence-electron chi connectivity index (χ0n) is 17.5. The summed E-state index contributed by atoms with van der Waals surface area (Å²) in [6.07, 6.45) is 3.25. The molecule has 1 aliphatic heterocycles. The summed E-state index contributed by atoms with van der Waals surface area (Å²) >= 11 is 0. The third kappa shape index (κ3) is 5.77. The highest BCUT2D eigenvalue weighted by atomic mass is 16.3. The molecule has 9 heteroatoms. The Hall–Kier alpha value is -2.94. The molecule has 0 unspecified atom stereocenters. The van der Waals surface area contributed by atoms with Gasteiger partial charge in [0.15, 0.2) is 0 Å². The zero-order chi connectivity index (χ0) is 21.4. The molecule has 0 aliphatic carbocycles. The van der Waals surface area contributed by atoms with E-state index in [-0.39, 0.29) is 12.4 Å². The van der Waals surface area contributed by atoms with Crippen molar-refractivity contribution in [1.29, 1.82) is 0 Å². The van der Waals surface area contributed by atoms with Gasteiger partial charge in [-0.2, -0.15) is 5.10 Å². The Balaban J connectivity index is 0.000000941. The van der Waals surface area contributed by atoms with Gasteiger partial charge in [-0.05, 0) is 31.9 Å². The Bertz CT molecular complexity index is 812. The molecule has 2 aromatic heterocycles. The molecule has 2 aromatic rings. The SMILES string of the molecule is Cc1cccc(CN2CCC(Nc3ccnn3C)(C(=O)N(C)C)CC2)n1.O=CO. The van der Waals surface area contributed by atoms with Gasteiger partial charge in [-0.15, -0.1) is 0 Å². The molecule has 0 saturated carbocycles. The molecule has 2 N–H and O–H groups in total. The summed E-state index contributed by atoms with van der Waals surface area (Å²) in [7, 11) is 5.52. The van der Waals surface area contributed by atoms with Crippen molar-refractivity contribution >= 4 is 18.2 Å². The molecule has 0 aromatic carbocycles. The maximum atomic E-state index is 13.0. The van der Waals surface area contributed by atoms with Gasteiger partial charge >= 0.3 is 0 Å². The second-order valence-corrected chi connectivity index (χ2v) is 7.40. The fourth-order valence-electron chi connectivity index (χ4n) is 3.57. The summed E-state index contributed by atoms with van der Waals surface area (Å²) in [5, 5.41) is 14.6. The fraction of sp³-hybridized carbons (Fsp3) is 0.500. The van der Waals surface area contributed by atoms with Gasteiger partial charge < -0.3 is 15.3 Å². The van der Waals surface area contributed by atoms with E-state index in [2.05, 4.69) is 26.4 Å². The fourth-order valence-corrected chi connectivity index (χ4v) is 3.57. The monoisotopic (exact) mass is 402 g/mol. The second-order valence-electron chi connectivity index (χ2n) is 7.40. The lowest BCUT2D eigenvalue weighted by Gasteiger charge is -2.42. The van der Waals surface area contributed by atoms with Crippen LogP contribution in [0, 0.1) is 6.92 Å². The van der Waals surface area contributed by atoms with Crippen molar-refractivity contribution in [3.05, 3.63) is 41.9 Å². The summed E-state index contributed by atoms with van der Waals surface area (Å²) in [6.45, 7) is 4.28. The normalized spacial score (nSPS) is 15.7. The Morgan fingerprint density at radius 3 is 2.48 bits per heavy atom. The molecule has 0 radical (unpaired) electrons. The molecule has 0 bridgehead atoms. The minimum Gasteiger partial charge on any atom is -0.483 e. The van der Waals surface area contributed by atoms with Crippen molar-refractivity contribution in [2.75, 3.05) is 32.5 Å². The van der Waals surface area contributed by atoms with Crippen LogP contribution in [0.15, 0.2) is 30.5 Å². The molecule has 1 aliphatic rings. The largest absolute Gasteiger partial charge is 0.483 e. The van der Waals surface area contributed by atoms with Crippen LogP contribution in [0.25, 0.3) is 0 Å². The molecule has 29 heavy (non-hydrogen) atoms. The second kappa shape index (κ2) is 10.0. The Labute approximate surface area is 171 Å². The first-order valence-electron chi connectivity index (χ1n) is 9.52. The number of likely N-dealkylation sites (N-methyl/N-ethyl adjacent to an activating group) is 1. The van der Waals surface area contributed by atoms with Crippen molar-refractivity contribution in [2.45, 2.75) is 31.8 Å². The average molecular weight is 402 g/mol. The predicted octanol–water partition coefficient (Wildman–Crippen LogP) is 1.36. The number of pyridine rings is 1. The third-order valence-electron chi connectivity index (χ3n) is 5.05. The lowest BCUT2D eigenvalue weighted by atomic mass is 9.85. The first kappa shape index (κ1) is 22.4. The molecule has 1 amide bonds. The number of piperidine rings is 1. The van der Waals surface area contributed by atoms with Crippen LogP contribution in [-0.4, -0.2) is 74.8 Å². The number of nitrogens with zero attached hydrogens (tertiary/aromatic N) is 5. The molecule has 1 fully saturated rings. The first-order valence-corrected chi connectivity index (χ1v) is 9.52. The van der Waals surface area contributed by atoms with Crippen molar-refractivity contribution in [3.8, 4) is 0 Å². The highest BCUT2D eigenvalue weighted by molar-refractivity contribution is 5.89. The number of rotatable bonds is 5. The minimum absolute atomic E-state index is 0.118. The van der Waals surface area contributed by atoms with Gasteiger partial charge in [0.2, 0.25) is 5.91 Å². The van der Waals surface area contributed by atoms with E-state index >= 15 is 0 Å². The van der Waals surface area contributed by atoms with Gasteiger partial charge in [-0.25, -0.2) is 0 Å². The molecule has 9 nitrogen and oxygen atoms in total. The number of aryl methyl sites for hydroxylation is 2. The van der Waals surface area contributed by atoms with E-state index in [9.17, 15) is 4.79 Å². The van der Waals surface area contributed by atoms with Crippen molar-refractivity contribution in [3.63, 3.8) is 0 Å². The summed E-state index contributed by atoms with van der Waals surface area (Å²) in [5.41, 5.74) is 1.53. The van der Waals surface area contributed by atoms with Gasteiger partial charge in [-0.1, -0.05) is 6.07 Å². The number of carbonyl (C=O) groups is 2. The third-order valence-corrected chi connectivity index (χ3v) is 5.05. The Morgan fingerprint density at radius 1 is 1.31 bits per heavy atom. The lowest BCUT2D eigenvalue weighted by molar-refractivity contribution is -0.135. The van der Waals surface area contributed by atoms with Crippen molar-refractivity contribution in [2.24, 2.45) is 7.05 Å². The van der Waals surface area contributed by atoms with Crippen molar-refractivity contribution < 1.29 is 14.7 Å². The van der Waals surface area contributed by atoms with Crippen LogP contribution in [0.5, 0.6) is 0 Å². The highest BCUT2D eigenvalue weighted by Crippen LogP contribution is 2.29. The lowest BCUT2D eigenvalue weighted by Crippen LogP contribution is -2.58. The molecular weight excluding hydrogens is 372 g/mol. The minimum atomic E-state index is -0.589. The van der Waals surface area contributed by atoms with E-state index < -0.39 is 5.54 Å². The van der Waals surface area contributed by atoms with Gasteiger partial charge in [0.05, 0.1) is 11.9 Å². The topological polar surface area (TPSA) is 104 Å². The Kier molecular flexibility index (Phi) is 7.72. The van der Waals surface area contributed by atoms with E-state index in [1.807, 2.05) is 46.3 Å². The van der Waals surface area contributed by atoms with Crippen LogP contribution in [-0.2, 0) is 23.2 Å². The highest BCUT2D eigenvalue weighted by Gasteiger charge is 2.42. The quantitative estimate of drug-likeness (QED) is 0.728. The van der Waals surface area contributed by atoms with Crippen LogP contribution in [0.2, 0.25) is 0 Å². The number of hydrogen-bond acceptors (Lipinski definition) is 6. The smallest absolute Gasteiger partial charge is 0.290 e. The zero-order valence-corrected chi connectivity index (χ0v) is 17.5. The number of carboxylic acid groups (broad SMARTS) is 1. The van der Waals surface area contributed by atoms with Crippen LogP contribution in [0.4, 0.5) is 5.82 Å². The van der Waals surface area contributed by atoms with Gasteiger partial charge in [-0.3, -0.25) is 24.2 Å². The number of hydrogen-bond donors (Lipinski definition) is 2. The maximum absolute atomic E-state index is 13.0. The molecule has 0 atom stereocenters. The molecule has 158 valence electrons. The first-order chi connectivity index (χ1) is 13.8. The van der Waals surface area contributed by atoms with Crippen LogP contribution < -0.4 is 5.32 Å². The van der Waals surface area contributed by atoms with Gasteiger partial charge in [0.1, 0.15) is 11.4 Å². The van der Waals surface area contributed by atoms with E-state index in [0.717, 1.165) is 49.7 Å². The van der Waals surface area contributed by atoms with Gasteiger partial charge in [0.25, 0.3) is 6.47 Å². The summed E-state index contributed by atoms with van der Waals surface area (Å²) in [5.74, 6) is 0.987. The summed E-state index contributed by atoms with van der Waals surface area (Å²) < 4.78 is 1.77. The van der Waals surface area contributed by atoms with Crippen LogP contribution >= 0.6 is 0 Å². The van der Waals surface area contributed by atoms with Gasteiger partial charge in [0, 0.05) is 52.5 Å². The van der Waals surface area contributed by atoms with Crippen LogP contribution in [0.3, 0.4) is 0 Å². The summed E-state index contributed by atoms with van der Waals surface area (Å²) in [4.78, 5) is 30.0. The molecule has 0 spiro atoms. The number of aromatic nitrogens is 3. The predicted molar refractivity (Wildman–Crippen MR) is 110 cm³/mol. The molecule has 3 heterocycles. The average Bonchev–Trinajstić information content (AvgIpc) is 3.08. The standard InChI is InChI=1S/C19H28N6O.CH2O2/c1-15-6-5-7-16(21-15)14-25-12-9-19(10-13-25,18(26)23(2)3)22-17-8-11-20-24(17)4;2-1-3/h5-8,11,22H,9-10,12-14H2,1-4H3;1H,(H,2,3). The molecular formula is C20H30N6O3. The summed E-state index contributed by atoms with van der Waals surface area (Å²) in [6, 6.07) is 8.03. The van der Waals surface area contributed by atoms with E-state index in [1.165, 1.54) is 0 Å². The van der Waals surface area contributed by atoms with Crippen LogP contribution in [0.1, 0.15) is 24.2 Å². The van der Waals surface area contributed by atoms with E-state index in [1.54, 1.807) is 15.8 Å².